The van der Waals surface area contributed by atoms with Crippen molar-refractivity contribution >= 4 is 12.2 Å². The molecule has 0 bridgehead atoms. The lowest BCUT2D eigenvalue weighted by Crippen LogP contribution is -2.58. The van der Waals surface area contributed by atoms with Gasteiger partial charge in [-0.3, -0.25) is 4.68 Å². The molecular formula is C23H21F3N6O2. The molecule has 0 radical (unpaired) electrons. The molecule has 1 fully saturated rings. The molecule has 5 rings (SSSR count). The number of carbonyl (C=O) groups excluding carboxylic acids is 1. The van der Waals surface area contributed by atoms with Crippen LogP contribution in [0.3, 0.4) is 0 Å². The van der Waals surface area contributed by atoms with E-state index in [1.165, 1.54) is 34.5 Å². The summed E-state index contributed by atoms with van der Waals surface area (Å²) in [6.45, 7) is 2.32. The maximum absolute atomic E-state index is 14.3. The lowest BCUT2D eigenvalue weighted by atomic mass is 10.0. The fraction of sp³-hybridized carbons (Fsp3) is 0.304. The summed E-state index contributed by atoms with van der Waals surface area (Å²) in [5.41, 5.74) is 2.71. The van der Waals surface area contributed by atoms with Gasteiger partial charge >= 0.3 is 6.03 Å². The second-order valence-electron chi connectivity index (χ2n) is 8.34. The largest absolute Gasteiger partial charge is 0.482 e. The first-order valence-electron chi connectivity index (χ1n) is 10.7. The lowest BCUT2D eigenvalue weighted by Gasteiger charge is -2.41. The van der Waals surface area contributed by atoms with Crippen molar-refractivity contribution in [3.05, 3.63) is 65.4 Å². The summed E-state index contributed by atoms with van der Waals surface area (Å²) in [5, 5.41) is 9.49. The predicted octanol–water partition coefficient (Wildman–Crippen LogP) is 3.82. The Labute approximate surface area is 193 Å². The Hall–Kier alpha value is -3.89. The molecule has 2 aliphatic heterocycles. The number of urea groups is 1. The van der Waals surface area contributed by atoms with Gasteiger partial charge in [-0.1, -0.05) is 0 Å². The minimum absolute atomic E-state index is 0.0116. The molecule has 176 valence electrons. The summed E-state index contributed by atoms with van der Waals surface area (Å²) in [6.07, 6.45) is 4.58. The van der Waals surface area contributed by atoms with Gasteiger partial charge in [0.15, 0.2) is 5.75 Å². The fourth-order valence-electron chi connectivity index (χ4n) is 4.24. The van der Waals surface area contributed by atoms with E-state index in [9.17, 15) is 18.0 Å². The van der Waals surface area contributed by atoms with Gasteiger partial charge in [-0.25, -0.2) is 23.6 Å². The van der Waals surface area contributed by atoms with Crippen LogP contribution in [0.4, 0.5) is 18.0 Å². The van der Waals surface area contributed by atoms with Crippen molar-refractivity contribution in [2.45, 2.75) is 25.5 Å². The molecule has 8 nitrogen and oxygen atoms in total. The van der Waals surface area contributed by atoms with Crippen molar-refractivity contribution < 1.29 is 22.7 Å². The van der Waals surface area contributed by atoms with Crippen LogP contribution in [0.25, 0.3) is 11.3 Å². The average molecular weight is 470 g/mol. The SMILES string of the molecule is Cc1cnn(C)c1-c1cnc(F)c(OC2CN(C(=O)N3N=CCC3c3cc(F)cc(F)c3)C2)c1. The predicted molar refractivity (Wildman–Crippen MR) is 117 cm³/mol. The Morgan fingerprint density at radius 1 is 1.09 bits per heavy atom. The zero-order valence-corrected chi connectivity index (χ0v) is 18.5. The molecule has 1 aromatic carbocycles. The maximum Gasteiger partial charge on any atom is 0.341 e. The number of benzene rings is 1. The molecular weight excluding hydrogens is 449 g/mol. The van der Waals surface area contributed by atoms with Gasteiger partial charge in [0.1, 0.15) is 17.7 Å². The van der Waals surface area contributed by atoms with E-state index in [1.807, 2.05) is 6.92 Å². The molecule has 0 N–H and O–H groups in total. The highest BCUT2D eigenvalue weighted by Gasteiger charge is 2.39. The zero-order valence-electron chi connectivity index (χ0n) is 18.5. The topological polar surface area (TPSA) is 75.8 Å². The number of pyridine rings is 1. The number of halogens is 3. The number of rotatable bonds is 4. The maximum atomic E-state index is 14.3. The van der Waals surface area contributed by atoms with Crippen LogP contribution >= 0.6 is 0 Å². The number of amides is 2. The van der Waals surface area contributed by atoms with Gasteiger partial charge in [-0.2, -0.15) is 14.6 Å². The standard InChI is InChI=1S/C23H21F3N6O2/c1-13-9-29-30(2)21(13)15-7-20(22(26)27-10-15)34-18-11-31(12-18)23(33)32-19(3-4-28-32)14-5-16(24)8-17(25)6-14/h4-10,18-19H,3,11-12H2,1-2H3. The Kier molecular flexibility index (Phi) is 5.46. The monoisotopic (exact) mass is 470 g/mol. The summed E-state index contributed by atoms with van der Waals surface area (Å²) in [7, 11) is 1.79. The van der Waals surface area contributed by atoms with Crippen molar-refractivity contribution in [2.75, 3.05) is 13.1 Å². The van der Waals surface area contributed by atoms with Crippen LogP contribution in [0.5, 0.6) is 5.75 Å². The molecule has 0 spiro atoms. The summed E-state index contributed by atoms with van der Waals surface area (Å²) in [4.78, 5) is 18.2. The number of likely N-dealkylation sites (tertiary alicyclic amines) is 1. The molecule has 2 aromatic heterocycles. The number of aryl methyl sites for hydroxylation is 2. The van der Waals surface area contributed by atoms with Crippen molar-refractivity contribution in [3.63, 3.8) is 0 Å². The number of carbonyl (C=O) groups is 1. The van der Waals surface area contributed by atoms with E-state index < -0.39 is 35.8 Å². The second-order valence-corrected chi connectivity index (χ2v) is 8.34. The summed E-state index contributed by atoms with van der Waals surface area (Å²) >= 11 is 0. The quantitative estimate of drug-likeness (QED) is 0.544. The van der Waals surface area contributed by atoms with Crippen LogP contribution in [-0.2, 0) is 7.05 Å². The van der Waals surface area contributed by atoms with Gasteiger partial charge in [-0.05, 0) is 36.2 Å². The number of hydrogen-bond acceptors (Lipinski definition) is 5. The molecule has 1 saturated heterocycles. The van der Waals surface area contributed by atoms with Crippen LogP contribution in [0.1, 0.15) is 23.6 Å². The van der Waals surface area contributed by atoms with Crippen molar-refractivity contribution in [2.24, 2.45) is 12.1 Å². The Bertz CT molecular complexity index is 1250. The first-order valence-corrected chi connectivity index (χ1v) is 10.7. The highest BCUT2D eigenvalue weighted by Crippen LogP contribution is 2.32. The van der Waals surface area contributed by atoms with E-state index in [2.05, 4.69) is 15.2 Å². The van der Waals surface area contributed by atoms with Crippen molar-refractivity contribution in [1.29, 1.82) is 0 Å². The van der Waals surface area contributed by atoms with Crippen molar-refractivity contribution in [1.82, 2.24) is 24.7 Å². The first-order chi connectivity index (χ1) is 16.3. The van der Waals surface area contributed by atoms with Crippen LogP contribution in [0, 0.1) is 24.5 Å². The number of hydrogen-bond donors (Lipinski definition) is 0. The third-order valence-corrected chi connectivity index (χ3v) is 5.91. The molecule has 2 amide bonds. The Morgan fingerprint density at radius 2 is 1.82 bits per heavy atom. The van der Waals surface area contributed by atoms with E-state index in [1.54, 1.807) is 24.0 Å². The van der Waals surface area contributed by atoms with Gasteiger partial charge in [0.05, 0.1) is 31.0 Å². The highest BCUT2D eigenvalue weighted by molar-refractivity contribution is 5.79. The molecule has 34 heavy (non-hydrogen) atoms. The fourth-order valence-corrected chi connectivity index (χ4v) is 4.24. The number of ether oxygens (including phenoxy) is 1. The normalized spacial score (nSPS) is 17.9. The number of hydrazone groups is 1. The molecule has 2 aliphatic rings. The third-order valence-electron chi connectivity index (χ3n) is 5.91. The van der Waals surface area contributed by atoms with Crippen LogP contribution in [-0.4, -0.2) is 56.1 Å². The average Bonchev–Trinajstić information content (AvgIpc) is 3.37. The van der Waals surface area contributed by atoms with E-state index in [0.717, 1.165) is 17.3 Å². The Morgan fingerprint density at radius 3 is 2.50 bits per heavy atom. The summed E-state index contributed by atoms with van der Waals surface area (Å²) < 4.78 is 49.0. The Balaban J connectivity index is 1.25. The molecule has 1 atom stereocenters. The minimum Gasteiger partial charge on any atom is -0.482 e. The summed E-state index contributed by atoms with van der Waals surface area (Å²) in [5.74, 6) is -2.19. The first kappa shape index (κ1) is 21.9. The van der Waals surface area contributed by atoms with Crippen molar-refractivity contribution in [3.8, 4) is 17.0 Å². The minimum atomic E-state index is -0.745. The molecule has 0 aliphatic carbocycles. The molecule has 0 saturated carbocycles. The van der Waals surface area contributed by atoms with Crippen LogP contribution < -0.4 is 4.74 Å². The molecule has 3 aromatic rings. The van der Waals surface area contributed by atoms with Gasteiger partial charge in [0.25, 0.3) is 5.95 Å². The van der Waals surface area contributed by atoms with E-state index in [4.69, 9.17) is 4.74 Å². The van der Waals surface area contributed by atoms with Gasteiger partial charge in [0, 0.05) is 37.5 Å². The van der Waals surface area contributed by atoms with Crippen LogP contribution in [0.15, 0.2) is 41.8 Å². The van der Waals surface area contributed by atoms with E-state index in [-0.39, 0.29) is 18.8 Å². The molecule has 1 unspecified atom stereocenters. The van der Waals surface area contributed by atoms with Gasteiger partial charge < -0.3 is 9.64 Å². The number of nitrogens with zero attached hydrogens (tertiary/aromatic N) is 6. The third kappa shape index (κ3) is 3.97. The van der Waals surface area contributed by atoms with Crippen LogP contribution in [0.2, 0.25) is 0 Å². The smallest absolute Gasteiger partial charge is 0.341 e. The summed E-state index contributed by atoms with van der Waals surface area (Å²) in [6, 6.07) is 3.71. The van der Waals surface area contributed by atoms with E-state index in [0.29, 0.717) is 17.5 Å². The zero-order chi connectivity index (χ0) is 24.0. The van der Waals surface area contributed by atoms with Gasteiger partial charge in [-0.15, -0.1) is 0 Å². The lowest BCUT2D eigenvalue weighted by molar-refractivity contribution is 0.0253. The van der Waals surface area contributed by atoms with E-state index >= 15 is 0 Å². The number of aromatic nitrogens is 3. The van der Waals surface area contributed by atoms with Gasteiger partial charge in [0.2, 0.25) is 0 Å². The second kappa shape index (κ2) is 8.47. The highest BCUT2D eigenvalue weighted by atomic mass is 19.1. The molecule has 4 heterocycles. The molecule has 11 heteroatoms.